The summed E-state index contributed by atoms with van der Waals surface area (Å²) >= 11 is 5.92. The average Bonchev–Trinajstić information content (AvgIpc) is 3.00. The first-order chi connectivity index (χ1) is 19.9. The van der Waals surface area contributed by atoms with Crippen molar-refractivity contribution in [3.63, 3.8) is 0 Å². The number of nitrogens with two attached hydrogens (primary N) is 1. The maximum Gasteiger partial charge on any atom is 0.343 e. The van der Waals surface area contributed by atoms with Crippen molar-refractivity contribution in [1.29, 1.82) is 5.26 Å². The van der Waals surface area contributed by atoms with Gasteiger partial charge in [-0.2, -0.15) is 5.26 Å². The summed E-state index contributed by atoms with van der Waals surface area (Å²) < 4.78 is 27.9. The number of nitriles is 1. The van der Waals surface area contributed by atoms with Gasteiger partial charge < -0.3 is 29.4 Å². The highest BCUT2D eigenvalue weighted by Crippen LogP contribution is 2.45. The maximum absolute atomic E-state index is 12.9. The molecule has 1 aliphatic rings. The van der Waals surface area contributed by atoms with Crippen LogP contribution in [0.4, 0.5) is 0 Å². The van der Waals surface area contributed by atoms with E-state index < -0.39 is 11.9 Å². The number of allylic oxidation sites excluding steroid dienone is 1. The molecule has 0 radical (unpaired) electrons. The third-order valence-corrected chi connectivity index (χ3v) is 6.80. The summed E-state index contributed by atoms with van der Waals surface area (Å²) in [6, 6.07) is 26.5. The first kappa shape index (κ1) is 27.4. The van der Waals surface area contributed by atoms with Crippen LogP contribution in [0.1, 0.15) is 33.0 Å². The molecule has 4 aromatic carbocycles. The lowest BCUT2D eigenvalue weighted by Crippen LogP contribution is -2.21. The molecule has 8 nitrogen and oxygen atoms in total. The summed E-state index contributed by atoms with van der Waals surface area (Å²) in [5, 5.41) is 10.5. The topological polar surface area (TPSA) is 113 Å². The van der Waals surface area contributed by atoms with Gasteiger partial charge in [-0.05, 0) is 65.7 Å². The molecule has 0 aliphatic carbocycles. The lowest BCUT2D eigenvalue weighted by atomic mass is 9.83. The minimum absolute atomic E-state index is 0.0301. The van der Waals surface area contributed by atoms with Crippen molar-refractivity contribution in [3.05, 3.63) is 124 Å². The Labute approximate surface area is 242 Å². The second kappa shape index (κ2) is 11.9. The summed E-state index contributed by atoms with van der Waals surface area (Å²) in [5.74, 6) is 1.21. The summed E-state index contributed by atoms with van der Waals surface area (Å²) in [6.07, 6.45) is 0. The van der Waals surface area contributed by atoms with E-state index in [-0.39, 0.29) is 17.2 Å². The minimum Gasteiger partial charge on any atom is -0.493 e. The van der Waals surface area contributed by atoms with Gasteiger partial charge in [-0.1, -0.05) is 35.9 Å². The second-order valence-corrected chi connectivity index (χ2v) is 9.50. The van der Waals surface area contributed by atoms with Gasteiger partial charge in [0.1, 0.15) is 35.5 Å². The number of methoxy groups -OCH3 is 2. The highest BCUT2D eigenvalue weighted by Gasteiger charge is 2.31. The Morgan fingerprint density at radius 2 is 1.63 bits per heavy atom. The fourth-order valence-corrected chi connectivity index (χ4v) is 4.60. The molecule has 0 amide bonds. The van der Waals surface area contributed by atoms with Crippen LogP contribution >= 0.6 is 11.6 Å². The maximum atomic E-state index is 12.9. The third kappa shape index (κ3) is 5.91. The van der Waals surface area contributed by atoms with Crippen LogP contribution in [0.2, 0.25) is 5.02 Å². The zero-order valence-electron chi connectivity index (χ0n) is 22.2. The van der Waals surface area contributed by atoms with Gasteiger partial charge in [0.2, 0.25) is 5.88 Å². The predicted molar refractivity (Wildman–Crippen MR) is 152 cm³/mol. The van der Waals surface area contributed by atoms with Gasteiger partial charge in [-0.3, -0.25) is 0 Å². The molecule has 1 unspecified atom stereocenters. The van der Waals surface area contributed by atoms with E-state index in [9.17, 15) is 10.1 Å². The van der Waals surface area contributed by atoms with Crippen molar-refractivity contribution < 1.29 is 28.5 Å². The van der Waals surface area contributed by atoms with Gasteiger partial charge in [0, 0.05) is 16.7 Å². The fourth-order valence-electron chi connectivity index (χ4n) is 4.48. The van der Waals surface area contributed by atoms with E-state index in [1.54, 1.807) is 73.8 Å². The SMILES string of the molecule is COc1ccc(C2C(C#N)=C(N)Oc3cc(OC(=O)c4ccc(OCc5ccc(Cl)cc5)cc4)ccc32)cc1OC. The van der Waals surface area contributed by atoms with Crippen LogP contribution in [0.15, 0.2) is 96.4 Å². The zero-order chi connectivity index (χ0) is 28.9. The van der Waals surface area contributed by atoms with E-state index in [0.717, 1.165) is 11.1 Å². The van der Waals surface area contributed by atoms with Crippen molar-refractivity contribution in [2.75, 3.05) is 14.2 Å². The van der Waals surface area contributed by atoms with Gasteiger partial charge in [0.25, 0.3) is 0 Å². The molecule has 1 heterocycles. The molecular weight excluding hydrogens is 544 g/mol. The van der Waals surface area contributed by atoms with Gasteiger partial charge in [0.05, 0.1) is 25.7 Å². The zero-order valence-corrected chi connectivity index (χ0v) is 23.0. The molecule has 206 valence electrons. The Morgan fingerprint density at radius 3 is 2.32 bits per heavy atom. The van der Waals surface area contributed by atoms with E-state index >= 15 is 0 Å². The monoisotopic (exact) mass is 568 g/mol. The highest BCUT2D eigenvalue weighted by atomic mass is 35.5. The normalized spacial score (nSPS) is 13.9. The molecule has 5 rings (SSSR count). The molecule has 0 aromatic heterocycles. The molecule has 0 saturated heterocycles. The van der Waals surface area contributed by atoms with E-state index in [4.69, 9.17) is 41.0 Å². The smallest absolute Gasteiger partial charge is 0.343 e. The van der Waals surface area contributed by atoms with Crippen LogP contribution in [0.5, 0.6) is 28.7 Å². The first-order valence-electron chi connectivity index (χ1n) is 12.5. The quantitative estimate of drug-likeness (QED) is 0.193. The van der Waals surface area contributed by atoms with Gasteiger partial charge in [-0.25, -0.2) is 4.79 Å². The second-order valence-electron chi connectivity index (χ2n) is 9.07. The third-order valence-electron chi connectivity index (χ3n) is 6.55. The van der Waals surface area contributed by atoms with Crippen molar-refractivity contribution >= 4 is 17.6 Å². The molecule has 2 N–H and O–H groups in total. The number of nitrogens with zero attached hydrogens (tertiary/aromatic N) is 1. The predicted octanol–water partition coefficient (Wildman–Crippen LogP) is 6.37. The van der Waals surface area contributed by atoms with Crippen LogP contribution < -0.4 is 29.4 Å². The number of benzene rings is 4. The van der Waals surface area contributed by atoms with Crippen LogP contribution in [0, 0.1) is 11.3 Å². The molecule has 4 aromatic rings. The number of hydrogen-bond donors (Lipinski definition) is 1. The lowest BCUT2D eigenvalue weighted by Gasteiger charge is -2.27. The Bertz CT molecular complexity index is 1660. The van der Waals surface area contributed by atoms with E-state index in [2.05, 4.69) is 6.07 Å². The Kier molecular flexibility index (Phi) is 7.99. The van der Waals surface area contributed by atoms with Crippen molar-refractivity contribution in [2.24, 2.45) is 5.73 Å². The van der Waals surface area contributed by atoms with E-state index in [1.807, 2.05) is 18.2 Å². The van der Waals surface area contributed by atoms with Crippen molar-refractivity contribution in [2.45, 2.75) is 12.5 Å². The Morgan fingerprint density at radius 1 is 0.927 bits per heavy atom. The summed E-state index contributed by atoms with van der Waals surface area (Å²) in [4.78, 5) is 12.9. The molecular formula is C32H25ClN2O6. The number of ether oxygens (including phenoxy) is 5. The van der Waals surface area contributed by atoms with Crippen LogP contribution in [0.25, 0.3) is 0 Å². The molecule has 0 saturated carbocycles. The summed E-state index contributed by atoms with van der Waals surface area (Å²) in [7, 11) is 3.09. The van der Waals surface area contributed by atoms with Crippen molar-refractivity contribution in [1.82, 2.24) is 0 Å². The Balaban J connectivity index is 1.33. The number of carbonyl (C=O) groups is 1. The molecule has 0 fully saturated rings. The molecule has 0 bridgehead atoms. The minimum atomic E-state index is -0.553. The van der Waals surface area contributed by atoms with E-state index in [0.29, 0.717) is 45.8 Å². The number of hydrogen-bond acceptors (Lipinski definition) is 8. The molecule has 41 heavy (non-hydrogen) atoms. The molecule has 1 aliphatic heterocycles. The van der Waals surface area contributed by atoms with Crippen LogP contribution in [-0.4, -0.2) is 20.2 Å². The molecule has 1 atom stereocenters. The van der Waals surface area contributed by atoms with E-state index in [1.165, 1.54) is 7.11 Å². The standard InChI is InChI=1S/C32H25ClN2O6/c1-37-27-14-7-21(15-29(27)38-2)30-25-13-12-24(16-28(25)41-31(35)26(30)17-34)40-32(36)20-5-10-23(11-6-20)39-18-19-3-8-22(33)9-4-19/h3-16,30H,18,35H2,1-2H3. The lowest BCUT2D eigenvalue weighted by molar-refractivity contribution is 0.0734. The fraction of sp³-hybridized carbons (Fsp3) is 0.125. The van der Waals surface area contributed by atoms with Gasteiger partial charge in [-0.15, -0.1) is 0 Å². The van der Waals surface area contributed by atoms with Crippen LogP contribution in [-0.2, 0) is 6.61 Å². The molecule has 9 heteroatoms. The number of fused-ring (bicyclic) bond motifs is 1. The number of halogens is 1. The number of carbonyl (C=O) groups excluding carboxylic acids is 1. The number of rotatable bonds is 8. The summed E-state index contributed by atoms with van der Waals surface area (Å²) in [5.41, 5.74) is 9.15. The average molecular weight is 569 g/mol. The van der Waals surface area contributed by atoms with Crippen LogP contribution in [0.3, 0.4) is 0 Å². The molecule has 0 spiro atoms. The van der Waals surface area contributed by atoms with Gasteiger partial charge in [0.15, 0.2) is 11.5 Å². The Hall–Kier alpha value is -5.13. The van der Waals surface area contributed by atoms with Crippen molar-refractivity contribution in [3.8, 4) is 34.8 Å². The largest absolute Gasteiger partial charge is 0.493 e. The number of esters is 1. The van der Waals surface area contributed by atoms with Gasteiger partial charge >= 0.3 is 5.97 Å². The highest BCUT2D eigenvalue weighted by molar-refractivity contribution is 6.30. The first-order valence-corrected chi connectivity index (χ1v) is 12.9. The summed E-state index contributed by atoms with van der Waals surface area (Å²) in [6.45, 7) is 0.367.